The highest BCUT2D eigenvalue weighted by molar-refractivity contribution is 5.40. The molecule has 0 aliphatic rings. The van der Waals surface area contributed by atoms with Gasteiger partial charge in [-0.1, -0.05) is 59.7 Å². The van der Waals surface area contributed by atoms with Crippen molar-refractivity contribution < 1.29 is 14.9 Å². The summed E-state index contributed by atoms with van der Waals surface area (Å²) in [6.45, 7) is 13.3. The molecule has 142 valence electrons. The first-order valence-corrected chi connectivity index (χ1v) is 9.23. The van der Waals surface area contributed by atoms with Crippen molar-refractivity contribution in [2.45, 2.75) is 64.9 Å². The molecule has 0 saturated carbocycles. The molecule has 0 heterocycles. The molecule has 1 unspecified atom stereocenters. The van der Waals surface area contributed by atoms with Crippen molar-refractivity contribution in [3.05, 3.63) is 59.2 Å². The van der Waals surface area contributed by atoms with Crippen molar-refractivity contribution in [1.29, 1.82) is 0 Å². The van der Waals surface area contributed by atoms with Crippen molar-refractivity contribution >= 4 is 0 Å². The van der Waals surface area contributed by atoms with Crippen molar-refractivity contribution in [3.8, 4) is 11.5 Å². The number of benzene rings is 2. The molecule has 1 atom stereocenters. The monoisotopic (exact) mass is 356 g/mol. The molecule has 2 aromatic rings. The number of aliphatic hydroxyl groups is 1. The third-order valence-corrected chi connectivity index (χ3v) is 4.63. The zero-order valence-electron chi connectivity index (χ0n) is 16.8. The second kappa shape index (κ2) is 7.71. The number of phenolic OH excluding ortho intramolecular Hbond substituents is 1. The van der Waals surface area contributed by atoms with Gasteiger partial charge < -0.3 is 14.9 Å². The van der Waals surface area contributed by atoms with Crippen molar-refractivity contribution in [2.75, 3.05) is 6.61 Å². The Labute approximate surface area is 157 Å². The van der Waals surface area contributed by atoms with Gasteiger partial charge in [0, 0.05) is 12.0 Å². The summed E-state index contributed by atoms with van der Waals surface area (Å²) in [6.07, 6.45) is -0.339. The van der Waals surface area contributed by atoms with Gasteiger partial charge in [-0.3, -0.25) is 0 Å². The third kappa shape index (κ3) is 5.25. The molecule has 0 fully saturated rings. The Morgan fingerprint density at radius 2 is 1.38 bits per heavy atom. The molecule has 0 aliphatic carbocycles. The SMILES string of the molecule is CC(C)(C)c1ccc(OCCC(O)c2cc(C(C)(C)C)ccc2O)cc1. The first-order valence-electron chi connectivity index (χ1n) is 9.23. The summed E-state index contributed by atoms with van der Waals surface area (Å²) in [7, 11) is 0. The molecule has 0 radical (unpaired) electrons. The minimum Gasteiger partial charge on any atom is -0.508 e. The van der Waals surface area contributed by atoms with Crippen LogP contribution in [0.5, 0.6) is 11.5 Å². The molecule has 0 bridgehead atoms. The maximum Gasteiger partial charge on any atom is 0.121 e. The predicted molar refractivity (Wildman–Crippen MR) is 107 cm³/mol. The summed E-state index contributed by atoms with van der Waals surface area (Å²) in [5.41, 5.74) is 2.98. The van der Waals surface area contributed by atoms with Crippen LogP contribution in [0.15, 0.2) is 42.5 Å². The van der Waals surface area contributed by atoms with Gasteiger partial charge >= 0.3 is 0 Å². The van der Waals surface area contributed by atoms with Gasteiger partial charge in [-0.15, -0.1) is 0 Å². The fourth-order valence-corrected chi connectivity index (χ4v) is 2.78. The van der Waals surface area contributed by atoms with Crippen LogP contribution in [0.25, 0.3) is 0 Å². The quantitative estimate of drug-likeness (QED) is 0.745. The highest BCUT2D eigenvalue weighted by atomic mass is 16.5. The van der Waals surface area contributed by atoms with Gasteiger partial charge in [-0.05, 0) is 46.2 Å². The fourth-order valence-electron chi connectivity index (χ4n) is 2.78. The highest BCUT2D eigenvalue weighted by Crippen LogP contribution is 2.32. The van der Waals surface area contributed by atoms with E-state index in [-0.39, 0.29) is 16.6 Å². The van der Waals surface area contributed by atoms with Crippen LogP contribution in [0, 0.1) is 0 Å². The van der Waals surface area contributed by atoms with Crippen molar-refractivity contribution in [2.24, 2.45) is 0 Å². The molecule has 0 saturated heterocycles. The zero-order valence-corrected chi connectivity index (χ0v) is 16.8. The molecule has 2 aromatic carbocycles. The molecule has 0 aromatic heterocycles. The van der Waals surface area contributed by atoms with E-state index in [1.165, 1.54) is 5.56 Å². The van der Waals surface area contributed by atoms with Crippen molar-refractivity contribution in [3.63, 3.8) is 0 Å². The molecular weight excluding hydrogens is 324 g/mol. The molecule has 0 spiro atoms. The van der Waals surface area contributed by atoms with E-state index < -0.39 is 6.10 Å². The number of ether oxygens (including phenoxy) is 1. The standard InChI is InChI=1S/C23H32O3/c1-22(2,3)16-7-10-18(11-8-16)26-14-13-21(25)19-15-17(23(4,5)6)9-12-20(19)24/h7-12,15,21,24-25H,13-14H2,1-6H3. The van der Waals surface area contributed by atoms with E-state index in [1.807, 2.05) is 24.3 Å². The van der Waals surface area contributed by atoms with Gasteiger partial charge in [0.05, 0.1) is 12.7 Å². The summed E-state index contributed by atoms with van der Waals surface area (Å²) < 4.78 is 5.76. The van der Waals surface area contributed by atoms with Crippen LogP contribution in [0.2, 0.25) is 0 Å². The maximum atomic E-state index is 10.5. The zero-order chi connectivity index (χ0) is 19.5. The lowest BCUT2D eigenvalue weighted by molar-refractivity contribution is 0.138. The van der Waals surface area contributed by atoms with E-state index in [1.54, 1.807) is 6.07 Å². The van der Waals surface area contributed by atoms with Gasteiger partial charge in [-0.2, -0.15) is 0 Å². The lowest BCUT2D eigenvalue weighted by Crippen LogP contribution is -2.13. The summed E-state index contributed by atoms with van der Waals surface area (Å²) in [6, 6.07) is 13.5. The predicted octanol–water partition coefficient (Wildman–Crippen LogP) is 5.49. The topological polar surface area (TPSA) is 49.7 Å². The average molecular weight is 357 g/mol. The van der Waals surface area contributed by atoms with E-state index >= 15 is 0 Å². The van der Waals surface area contributed by atoms with Crippen LogP contribution in [0.1, 0.15) is 70.8 Å². The van der Waals surface area contributed by atoms with E-state index in [0.717, 1.165) is 11.3 Å². The first kappa shape index (κ1) is 20.3. The molecule has 2 rings (SSSR count). The normalized spacial score (nSPS) is 13.5. The Balaban J connectivity index is 1.98. The molecule has 26 heavy (non-hydrogen) atoms. The lowest BCUT2D eigenvalue weighted by atomic mass is 9.85. The number of aromatic hydroxyl groups is 1. The Bertz CT molecular complexity index is 719. The molecule has 3 heteroatoms. The van der Waals surface area contributed by atoms with Gasteiger partial charge in [0.15, 0.2) is 0 Å². The highest BCUT2D eigenvalue weighted by Gasteiger charge is 2.19. The summed E-state index contributed by atoms with van der Waals surface area (Å²) in [4.78, 5) is 0. The number of aliphatic hydroxyl groups excluding tert-OH is 1. The second-order valence-corrected chi connectivity index (χ2v) is 8.95. The van der Waals surface area contributed by atoms with E-state index in [9.17, 15) is 10.2 Å². The minimum absolute atomic E-state index is 0.0343. The third-order valence-electron chi connectivity index (χ3n) is 4.63. The van der Waals surface area contributed by atoms with Crippen LogP contribution in [0.4, 0.5) is 0 Å². The maximum absolute atomic E-state index is 10.5. The van der Waals surface area contributed by atoms with E-state index in [0.29, 0.717) is 18.6 Å². The van der Waals surface area contributed by atoms with Crippen LogP contribution in [-0.4, -0.2) is 16.8 Å². The summed E-state index contributed by atoms with van der Waals surface area (Å²) in [5, 5.41) is 20.6. The van der Waals surface area contributed by atoms with Crippen molar-refractivity contribution in [1.82, 2.24) is 0 Å². The summed E-state index contributed by atoms with van der Waals surface area (Å²) in [5.74, 6) is 0.915. The molecule has 0 aliphatic heterocycles. The molecular formula is C23H32O3. The molecule has 2 N–H and O–H groups in total. The summed E-state index contributed by atoms with van der Waals surface area (Å²) >= 11 is 0. The minimum atomic E-state index is -0.758. The first-order chi connectivity index (χ1) is 12.0. The van der Waals surface area contributed by atoms with Gasteiger partial charge in [0.1, 0.15) is 11.5 Å². The number of hydrogen-bond acceptors (Lipinski definition) is 3. The van der Waals surface area contributed by atoms with Gasteiger partial charge in [-0.25, -0.2) is 0 Å². The second-order valence-electron chi connectivity index (χ2n) is 8.95. The lowest BCUT2D eigenvalue weighted by Gasteiger charge is -2.22. The number of phenols is 1. The Morgan fingerprint density at radius 3 is 1.92 bits per heavy atom. The molecule has 0 amide bonds. The Hall–Kier alpha value is -2.00. The van der Waals surface area contributed by atoms with E-state index in [4.69, 9.17) is 4.74 Å². The molecule has 3 nitrogen and oxygen atoms in total. The average Bonchev–Trinajstić information content (AvgIpc) is 2.53. The number of hydrogen-bond donors (Lipinski definition) is 2. The van der Waals surface area contributed by atoms with Gasteiger partial charge in [0.2, 0.25) is 0 Å². The van der Waals surface area contributed by atoms with Crippen LogP contribution < -0.4 is 4.74 Å². The van der Waals surface area contributed by atoms with Crippen LogP contribution in [0.3, 0.4) is 0 Å². The Kier molecular flexibility index (Phi) is 6.02. The Morgan fingerprint density at radius 1 is 0.846 bits per heavy atom. The largest absolute Gasteiger partial charge is 0.508 e. The van der Waals surface area contributed by atoms with Gasteiger partial charge in [0.25, 0.3) is 0 Å². The number of rotatable bonds is 5. The van der Waals surface area contributed by atoms with Crippen LogP contribution >= 0.6 is 0 Å². The van der Waals surface area contributed by atoms with E-state index in [2.05, 4.69) is 53.7 Å². The fraction of sp³-hybridized carbons (Fsp3) is 0.478. The van der Waals surface area contributed by atoms with Crippen LogP contribution in [-0.2, 0) is 10.8 Å². The smallest absolute Gasteiger partial charge is 0.121 e.